The highest BCUT2D eigenvalue weighted by Gasteiger charge is 2.17. The number of aryl methyl sites for hydroxylation is 1. The van der Waals surface area contributed by atoms with Crippen molar-refractivity contribution in [1.29, 1.82) is 0 Å². The number of carboxylic acids is 1. The largest absolute Gasteiger partial charge is 0.481 e. The first kappa shape index (κ1) is 12.7. The van der Waals surface area contributed by atoms with E-state index < -0.39 is 5.97 Å². The van der Waals surface area contributed by atoms with Gasteiger partial charge in [0.25, 0.3) is 0 Å². The third kappa shape index (κ3) is 3.34. The summed E-state index contributed by atoms with van der Waals surface area (Å²) in [4.78, 5) is 16.8. The van der Waals surface area contributed by atoms with Crippen LogP contribution < -0.4 is 0 Å². The van der Waals surface area contributed by atoms with Crippen molar-refractivity contribution in [2.45, 2.75) is 39.8 Å². The average Bonchev–Trinajstić information content (AvgIpc) is 2.59. The molecule has 90 valence electrons. The Labute approximate surface area is 95.1 Å². The Morgan fingerprint density at radius 1 is 1.69 bits per heavy atom. The summed E-state index contributed by atoms with van der Waals surface area (Å²) in [6, 6.07) is -0.00130. The Morgan fingerprint density at radius 2 is 2.38 bits per heavy atom. The number of nitrogens with zero attached hydrogens (tertiary/aromatic N) is 2. The molecule has 1 atom stereocenters. The fraction of sp³-hybridized carbons (Fsp3) is 0.636. The summed E-state index contributed by atoms with van der Waals surface area (Å²) in [6.07, 6.45) is 1.56. The van der Waals surface area contributed by atoms with Crippen molar-refractivity contribution in [2.24, 2.45) is 0 Å². The minimum absolute atomic E-state index is 0.00130. The second kappa shape index (κ2) is 5.65. The zero-order chi connectivity index (χ0) is 12.1. The van der Waals surface area contributed by atoms with E-state index in [-0.39, 0.29) is 12.5 Å². The van der Waals surface area contributed by atoms with Crippen molar-refractivity contribution in [1.82, 2.24) is 9.88 Å². The molecule has 1 aromatic heterocycles. The molecule has 1 unspecified atom stereocenters. The van der Waals surface area contributed by atoms with Gasteiger partial charge in [-0.25, -0.2) is 4.98 Å². The Bertz CT molecular complexity index is 349. The molecular weight excluding hydrogens is 208 g/mol. The molecular formula is C11H18N2O3. The van der Waals surface area contributed by atoms with Gasteiger partial charge in [-0.1, -0.05) is 6.92 Å². The fourth-order valence-corrected chi connectivity index (χ4v) is 1.63. The SMILES string of the molecule is CCN(Cc1ncoc1C)C(C)CC(=O)O. The lowest BCUT2D eigenvalue weighted by Gasteiger charge is -2.25. The van der Waals surface area contributed by atoms with Crippen LogP contribution in [-0.2, 0) is 11.3 Å². The standard InChI is InChI=1S/C11H18N2O3/c1-4-13(8(2)5-11(14)15)6-10-9(3)16-7-12-10/h7-8H,4-6H2,1-3H3,(H,14,15). The van der Waals surface area contributed by atoms with Crippen LogP contribution in [0.2, 0.25) is 0 Å². The van der Waals surface area contributed by atoms with Crippen LogP contribution in [0.1, 0.15) is 31.7 Å². The second-order valence-corrected chi connectivity index (χ2v) is 3.87. The van der Waals surface area contributed by atoms with Gasteiger partial charge in [-0.3, -0.25) is 9.69 Å². The summed E-state index contributed by atoms with van der Waals surface area (Å²) in [7, 11) is 0. The smallest absolute Gasteiger partial charge is 0.304 e. The predicted octanol–water partition coefficient (Wildman–Crippen LogP) is 1.67. The highest BCUT2D eigenvalue weighted by Crippen LogP contribution is 2.12. The molecule has 0 aliphatic heterocycles. The lowest BCUT2D eigenvalue weighted by Crippen LogP contribution is -2.34. The normalized spacial score (nSPS) is 13.0. The number of oxazole rings is 1. The van der Waals surface area contributed by atoms with Gasteiger partial charge in [0, 0.05) is 12.6 Å². The monoisotopic (exact) mass is 226 g/mol. The lowest BCUT2D eigenvalue weighted by atomic mass is 10.2. The third-order valence-electron chi connectivity index (χ3n) is 2.70. The van der Waals surface area contributed by atoms with Crippen molar-refractivity contribution in [3.8, 4) is 0 Å². The molecule has 0 saturated carbocycles. The Balaban J connectivity index is 2.61. The van der Waals surface area contributed by atoms with Gasteiger partial charge in [0.15, 0.2) is 6.39 Å². The van der Waals surface area contributed by atoms with E-state index in [1.54, 1.807) is 0 Å². The van der Waals surface area contributed by atoms with Crippen LogP contribution in [0.5, 0.6) is 0 Å². The minimum Gasteiger partial charge on any atom is -0.481 e. The molecule has 1 aromatic rings. The van der Waals surface area contributed by atoms with Crippen LogP contribution in [-0.4, -0.2) is 33.5 Å². The highest BCUT2D eigenvalue weighted by molar-refractivity contribution is 5.67. The second-order valence-electron chi connectivity index (χ2n) is 3.87. The number of carboxylic acid groups (broad SMARTS) is 1. The summed E-state index contributed by atoms with van der Waals surface area (Å²) in [6.45, 7) is 7.20. The Morgan fingerprint density at radius 3 is 2.81 bits per heavy atom. The van der Waals surface area contributed by atoms with E-state index in [0.29, 0.717) is 6.54 Å². The molecule has 0 amide bonds. The van der Waals surface area contributed by atoms with Crippen molar-refractivity contribution < 1.29 is 14.3 Å². The molecule has 1 N–H and O–H groups in total. The van der Waals surface area contributed by atoms with Gasteiger partial charge in [-0.2, -0.15) is 0 Å². The molecule has 0 aliphatic carbocycles. The molecule has 0 fully saturated rings. The number of rotatable bonds is 6. The topological polar surface area (TPSA) is 66.6 Å². The zero-order valence-electron chi connectivity index (χ0n) is 9.93. The maximum Gasteiger partial charge on any atom is 0.304 e. The van der Waals surface area contributed by atoms with Gasteiger partial charge in [-0.15, -0.1) is 0 Å². The first-order valence-corrected chi connectivity index (χ1v) is 5.39. The van der Waals surface area contributed by atoms with Gasteiger partial charge < -0.3 is 9.52 Å². The average molecular weight is 226 g/mol. The van der Waals surface area contributed by atoms with Crippen LogP contribution in [0.15, 0.2) is 10.8 Å². The molecule has 1 heterocycles. The maximum atomic E-state index is 10.6. The number of aromatic nitrogens is 1. The lowest BCUT2D eigenvalue weighted by molar-refractivity contribution is -0.138. The van der Waals surface area contributed by atoms with E-state index in [1.165, 1.54) is 6.39 Å². The van der Waals surface area contributed by atoms with Crippen molar-refractivity contribution in [3.63, 3.8) is 0 Å². The molecule has 0 bridgehead atoms. The van der Waals surface area contributed by atoms with Crippen molar-refractivity contribution >= 4 is 5.97 Å². The summed E-state index contributed by atoms with van der Waals surface area (Å²) in [5, 5.41) is 8.75. The summed E-state index contributed by atoms with van der Waals surface area (Å²) in [5.74, 6) is 0.0174. The molecule has 5 nitrogen and oxygen atoms in total. The molecule has 0 radical (unpaired) electrons. The molecule has 16 heavy (non-hydrogen) atoms. The Hall–Kier alpha value is -1.36. The highest BCUT2D eigenvalue weighted by atomic mass is 16.4. The van der Waals surface area contributed by atoms with Gasteiger partial charge in [-0.05, 0) is 20.4 Å². The number of hydrogen-bond acceptors (Lipinski definition) is 4. The molecule has 5 heteroatoms. The summed E-state index contributed by atoms with van der Waals surface area (Å²) < 4.78 is 5.12. The van der Waals surface area contributed by atoms with E-state index >= 15 is 0 Å². The predicted molar refractivity (Wildman–Crippen MR) is 59.0 cm³/mol. The molecule has 0 saturated heterocycles. The van der Waals surface area contributed by atoms with Crippen molar-refractivity contribution in [3.05, 3.63) is 17.8 Å². The van der Waals surface area contributed by atoms with Gasteiger partial charge in [0.05, 0.1) is 12.1 Å². The summed E-state index contributed by atoms with van der Waals surface area (Å²) in [5.41, 5.74) is 0.874. The van der Waals surface area contributed by atoms with E-state index in [4.69, 9.17) is 9.52 Å². The fourth-order valence-electron chi connectivity index (χ4n) is 1.63. The molecule has 0 spiro atoms. The zero-order valence-corrected chi connectivity index (χ0v) is 9.93. The van der Waals surface area contributed by atoms with Crippen LogP contribution in [0.3, 0.4) is 0 Å². The number of hydrogen-bond donors (Lipinski definition) is 1. The van der Waals surface area contributed by atoms with Gasteiger partial charge in [0.1, 0.15) is 5.76 Å². The van der Waals surface area contributed by atoms with E-state index in [0.717, 1.165) is 18.0 Å². The molecule has 0 aromatic carbocycles. The maximum absolute atomic E-state index is 10.6. The molecule has 1 rings (SSSR count). The number of carbonyl (C=O) groups is 1. The van der Waals surface area contributed by atoms with Crippen LogP contribution in [0, 0.1) is 6.92 Å². The van der Waals surface area contributed by atoms with E-state index in [9.17, 15) is 4.79 Å². The summed E-state index contributed by atoms with van der Waals surface area (Å²) >= 11 is 0. The molecule has 0 aliphatic rings. The van der Waals surface area contributed by atoms with Crippen LogP contribution in [0.4, 0.5) is 0 Å². The Kier molecular flexibility index (Phi) is 4.49. The van der Waals surface area contributed by atoms with Crippen LogP contribution >= 0.6 is 0 Å². The van der Waals surface area contributed by atoms with Gasteiger partial charge in [0.2, 0.25) is 0 Å². The number of aliphatic carboxylic acids is 1. The van der Waals surface area contributed by atoms with Gasteiger partial charge >= 0.3 is 5.97 Å². The first-order valence-electron chi connectivity index (χ1n) is 5.39. The van der Waals surface area contributed by atoms with Crippen molar-refractivity contribution in [2.75, 3.05) is 6.54 Å². The van der Waals surface area contributed by atoms with E-state index in [1.807, 2.05) is 20.8 Å². The van der Waals surface area contributed by atoms with Crippen LogP contribution in [0.25, 0.3) is 0 Å². The first-order chi connectivity index (χ1) is 7.54. The van der Waals surface area contributed by atoms with E-state index in [2.05, 4.69) is 9.88 Å². The third-order valence-corrected chi connectivity index (χ3v) is 2.70. The minimum atomic E-state index is -0.775. The quantitative estimate of drug-likeness (QED) is 0.799.